The van der Waals surface area contributed by atoms with Crippen LogP contribution in [-0.4, -0.2) is 33.0 Å². The van der Waals surface area contributed by atoms with Crippen molar-refractivity contribution >= 4 is 9.84 Å². The molecular formula is C6H11NO2S. The first-order valence-electron chi connectivity index (χ1n) is 3.58. The maximum Gasteiger partial charge on any atom is 0.150 e. The van der Waals surface area contributed by atoms with Crippen LogP contribution in [0, 0.1) is 11.8 Å². The number of sulfone groups is 1. The molecule has 10 heavy (non-hydrogen) atoms. The average Bonchev–Trinajstić information content (AvgIpc) is 2.20. The van der Waals surface area contributed by atoms with E-state index in [1.54, 1.807) is 0 Å². The standard InChI is InChI=1S/C6H11NO2S/c8-10(9)3-5-1-7-2-6(5)4-10/h5-7H,1-4H2/t5-,6+. The third-order valence-corrected chi connectivity index (χ3v) is 4.29. The van der Waals surface area contributed by atoms with E-state index in [4.69, 9.17) is 0 Å². The smallest absolute Gasteiger partial charge is 0.150 e. The molecule has 0 aromatic rings. The molecule has 2 aliphatic rings. The van der Waals surface area contributed by atoms with Crippen LogP contribution in [0.15, 0.2) is 0 Å². The first-order chi connectivity index (χ1) is 4.67. The van der Waals surface area contributed by atoms with Crippen LogP contribution in [0.2, 0.25) is 0 Å². The molecule has 0 aromatic carbocycles. The topological polar surface area (TPSA) is 46.2 Å². The van der Waals surface area contributed by atoms with Crippen molar-refractivity contribution in [2.45, 2.75) is 0 Å². The second-order valence-electron chi connectivity index (χ2n) is 3.26. The summed E-state index contributed by atoms with van der Waals surface area (Å²) >= 11 is 0. The SMILES string of the molecule is O=S1(=O)C[C@H]2CNC[C@H]2C1. The summed E-state index contributed by atoms with van der Waals surface area (Å²) in [4.78, 5) is 0. The first kappa shape index (κ1) is 6.61. The molecule has 0 aliphatic carbocycles. The van der Waals surface area contributed by atoms with Gasteiger partial charge in [0.25, 0.3) is 0 Å². The highest BCUT2D eigenvalue weighted by atomic mass is 32.2. The van der Waals surface area contributed by atoms with Crippen molar-refractivity contribution in [3.8, 4) is 0 Å². The molecule has 0 spiro atoms. The van der Waals surface area contributed by atoms with E-state index in [1.165, 1.54) is 0 Å². The van der Waals surface area contributed by atoms with Gasteiger partial charge in [-0.1, -0.05) is 0 Å². The lowest BCUT2D eigenvalue weighted by Crippen LogP contribution is -2.16. The highest BCUT2D eigenvalue weighted by Gasteiger charge is 2.40. The Kier molecular flexibility index (Phi) is 1.29. The predicted molar refractivity (Wildman–Crippen MR) is 38.5 cm³/mol. The van der Waals surface area contributed by atoms with Crippen molar-refractivity contribution in [1.29, 1.82) is 0 Å². The summed E-state index contributed by atoms with van der Waals surface area (Å²) in [6.45, 7) is 1.81. The van der Waals surface area contributed by atoms with E-state index in [0.717, 1.165) is 13.1 Å². The van der Waals surface area contributed by atoms with E-state index < -0.39 is 9.84 Å². The van der Waals surface area contributed by atoms with Crippen LogP contribution in [0.4, 0.5) is 0 Å². The minimum absolute atomic E-state index is 0.421. The second-order valence-corrected chi connectivity index (χ2v) is 5.41. The van der Waals surface area contributed by atoms with Gasteiger partial charge in [0.05, 0.1) is 11.5 Å². The molecule has 0 aromatic heterocycles. The molecule has 58 valence electrons. The van der Waals surface area contributed by atoms with Gasteiger partial charge in [0.1, 0.15) is 0 Å². The monoisotopic (exact) mass is 161 g/mol. The maximum absolute atomic E-state index is 11.0. The summed E-state index contributed by atoms with van der Waals surface area (Å²) in [6.07, 6.45) is 0. The molecule has 0 amide bonds. The van der Waals surface area contributed by atoms with Crippen molar-refractivity contribution < 1.29 is 8.42 Å². The molecule has 0 unspecified atom stereocenters. The molecule has 2 rings (SSSR count). The zero-order valence-corrected chi connectivity index (χ0v) is 6.52. The number of nitrogens with one attached hydrogen (secondary N) is 1. The van der Waals surface area contributed by atoms with Crippen molar-refractivity contribution in [3.05, 3.63) is 0 Å². The molecule has 2 heterocycles. The third-order valence-electron chi connectivity index (χ3n) is 2.42. The molecule has 0 saturated carbocycles. The summed E-state index contributed by atoms with van der Waals surface area (Å²) in [5.74, 6) is 1.69. The number of hydrogen-bond donors (Lipinski definition) is 1. The van der Waals surface area contributed by atoms with Crippen molar-refractivity contribution in [3.63, 3.8) is 0 Å². The van der Waals surface area contributed by atoms with Crippen molar-refractivity contribution in [2.75, 3.05) is 24.6 Å². The molecule has 2 fully saturated rings. The van der Waals surface area contributed by atoms with E-state index in [-0.39, 0.29) is 0 Å². The molecule has 2 saturated heterocycles. The Bertz CT molecular complexity index is 216. The van der Waals surface area contributed by atoms with E-state index in [2.05, 4.69) is 5.32 Å². The first-order valence-corrected chi connectivity index (χ1v) is 5.41. The Balaban J connectivity index is 2.21. The fourth-order valence-corrected chi connectivity index (χ4v) is 4.12. The van der Waals surface area contributed by atoms with Gasteiger partial charge >= 0.3 is 0 Å². The molecule has 4 heteroatoms. The fraction of sp³-hybridized carbons (Fsp3) is 1.00. The summed E-state index contributed by atoms with van der Waals surface area (Å²) in [7, 11) is -2.65. The van der Waals surface area contributed by atoms with E-state index in [9.17, 15) is 8.42 Å². The number of hydrogen-bond acceptors (Lipinski definition) is 3. The average molecular weight is 161 g/mol. The Morgan fingerprint density at radius 3 is 2.10 bits per heavy atom. The predicted octanol–water partition coefficient (Wildman–Crippen LogP) is -0.750. The summed E-state index contributed by atoms with van der Waals surface area (Å²) in [5.41, 5.74) is 0. The van der Waals surface area contributed by atoms with Gasteiger partial charge in [-0.3, -0.25) is 0 Å². The van der Waals surface area contributed by atoms with Crippen LogP contribution in [-0.2, 0) is 9.84 Å². The molecule has 0 radical (unpaired) electrons. The van der Waals surface area contributed by atoms with Gasteiger partial charge in [-0.2, -0.15) is 0 Å². The van der Waals surface area contributed by atoms with E-state index >= 15 is 0 Å². The third kappa shape index (κ3) is 0.953. The van der Waals surface area contributed by atoms with Crippen LogP contribution in [0.3, 0.4) is 0 Å². The highest BCUT2D eigenvalue weighted by molar-refractivity contribution is 7.91. The minimum Gasteiger partial charge on any atom is -0.316 e. The van der Waals surface area contributed by atoms with Gasteiger partial charge in [0.2, 0.25) is 0 Å². The quantitative estimate of drug-likeness (QED) is 0.508. The molecular weight excluding hydrogens is 150 g/mol. The number of rotatable bonds is 0. The van der Waals surface area contributed by atoms with Crippen LogP contribution in [0.5, 0.6) is 0 Å². The van der Waals surface area contributed by atoms with Gasteiger partial charge in [0, 0.05) is 0 Å². The number of fused-ring (bicyclic) bond motifs is 1. The van der Waals surface area contributed by atoms with Crippen molar-refractivity contribution in [2.24, 2.45) is 11.8 Å². The normalized spacial score (nSPS) is 43.6. The van der Waals surface area contributed by atoms with Crippen LogP contribution >= 0.6 is 0 Å². The maximum atomic E-state index is 11.0. The summed E-state index contributed by atoms with van der Waals surface area (Å²) < 4.78 is 22.0. The van der Waals surface area contributed by atoms with Crippen LogP contribution in [0.25, 0.3) is 0 Å². The lowest BCUT2D eigenvalue weighted by Gasteiger charge is -2.00. The van der Waals surface area contributed by atoms with E-state index in [1.807, 2.05) is 0 Å². The molecule has 0 bridgehead atoms. The van der Waals surface area contributed by atoms with Gasteiger partial charge in [-0.05, 0) is 24.9 Å². The Morgan fingerprint density at radius 1 is 1.10 bits per heavy atom. The largest absolute Gasteiger partial charge is 0.316 e. The fourth-order valence-electron chi connectivity index (χ4n) is 1.90. The Morgan fingerprint density at radius 2 is 1.60 bits per heavy atom. The van der Waals surface area contributed by atoms with Gasteiger partial charge in [0.15, 0.2) is 9.84 Å². The highest BCUT2D eigenvalue weighted by Crippen LogP contribution is 2.27. The van der Waals surface area contributed by atoms with Crippen LogP contribution < -0.4 is 5.32 Å². The van der Waals surface area contributed by atoms with Crippen LogP contribution in [0.1, 0.15) is 0 Å². The van der Waals surface area contributed by atoms with Gasteiger partial charge in [-0.25, -0.2) is 8.42 Å². The minimum atomic E-state index is -2.65. The summed E-state index contributed by atoms with van der Waals surface area (Å²) in [6, 6.07) is 0. The lowest BCUT2D eigenvalue weighted by atomic mass is 10.0. The second kappa shape index (κ2) is 1.95. The zero-order valence-electron chi connectivity index (χ0n) is 5.71. The van der Waals surface area contributed by atoms with Crippen molar-refractivity contribution in [1.82, 2.24) is 5.32 Å². The zero-order chi connectivity index (χ0) is 7.19. The Labute approximate surface area is 60.7 Å². The molecule has 3 nitrogen and oxygen atoms in total. The van der Waals surface area contributed by atoms with Gasteiger partial charge in [-0.15, -0.1) is 0 Å². The Hall–Kier alpha value is -0.0900. The summed E-state index contributed by atoms with van der Waals surface area (Å²) in [5, 5.41) is 3.20. The molecule has 1 N–H and O–H groups in total. The lowest BCUT2D eigenvalue weighted by molar-refractivity contribution is 0.533. The van der Waals surface area contributed by atoms with E-state index in [0.29, 0.717) is 23.3 Å². The van der Waals surface area contributed by atoms with Gasteiger partial charge < -0.3 is 5.32 Å². The molecule has 2 atom stereocenters. The molecule has 2 aliphatic heterocycles.